The summed E-state index contributed by atoms with van der Waals surface area (Å²) in [6.07, 6.45) is -0.936. The Morgan fingerprint density at radius 2 is 1.88 bits per heavy atom. The third-order valence-corrected chi connectivity index (χ3v) is 4.37. The van der Waals surface area contributed by atoms with Gasteiger partial charge in [-0.3, -0.25) is 0 Å². The maximum absolute atomic E-state index is 12.5. The van der Waals surface area contributed by atoms with Crippen LogP contribution in [0.2, 0.25) is 6.32 Å². The summed E-state index contributed by atoms with van der Waals surface area (Å²) in [4.78, 5) is 0. The lowest BCUT2D eigenvalue weighted by molar-refractivity contribution is -0.274. The summed E-state index contributed by atoms with van der Waals surface area (Å²) in [5, 5.41) is 10.1. The van der Waals surface area contributed by atoms with Crippen molar-refractivity contribution in [2.45, 2.75) is 38.4 Å². The number of ether oxygens (including phenoxy) is 1. The maximum Gasteiger partial charge on any atom is 0.573 e. The predicted molar refractivity (Wildman–Crippen MR) is 87.7 cm³/mol. The van der Waals surface area contributed by atoms with Crippen LogP contribution in [-0.2, 0) is 19.3 Å². The van der Waals surface area contributed by atoms with E-state index in [1.54, 1.807) is 12.1 Å². The highest BCUT2D eigenvalue weighted by Gasteiger charge is 2.32. The molecule has 2 aromatic rings. The number of aryl methyl sites for hydroxylation is 3. The molecule has 1 heterocycles. The number of fused-ring (bicyclic) bond motifs is 1. The number of alkyl halides is 3. The summed E-state index contributed by atoms with van der Waals surface area (Å²) < 4.78 is 41.5. The summed E-state index contributed by atoms with van der Waals surface area (Å²) in [5.41, 5.74) is 3.65. The topological polar surface area (TPSA) is 29.5 Å². The van der Waals surface area contributed by atoms with Crippen molar-refractivity contribution in [3.8, 4) is 5.75 Å². The van der Waals surface area contributed by atoms with Crippen LogP contribution in [0.1, 0.15) is 23.1 Å². The first kappa shape index (κ1) is 16.9. The minimum Gasteiger partial charge on any atom is -0.446 e. The number of halogens is 3. The zero-order valence-electron chi connectivity index (χ0n) is 13.1. The van der Waals surface area contributed by atoms with E-state index >= 15 is 0 Å². The van der Waals surface area contributed by atoms with E-state index in [0.717, 1.165) is 30.2 Å². The van der Waals surface area contributed by atoms with Crippen molar-refractivity contribution in [1.29, 1.82) is 0 Å². The van der Waals surface area contributed by atoms with Gasteiger partial charge in [-0.2, -0.15) is 0 Å². The minimum absolute atomic E-state index is 0.150. The maximum atomic E-state index is 12.5. The van der Waals surface area contributed by atoms with Crippen molar-refractivity contribution in [2.24, 2.45) is 0 Å². The highest BCUT2D eigenvalue weighted by Crippen LogP contribution is 2.27. The molecule has 0 fully saturated rings. The van der Waals surface area contributed by atoms with Gasteiger partial charge in [-0.15, -0.1) is 13.2 Å². The molecule has 0 unspecified atom stereocenters. The lowest BCUT2D eigenvalue weighted by Crippen LogP contribution is -2.36. The molecule has 6 heteroatoms. The molecule has 0 bridgehead atoms. The number of benzene rings is 2. The molecule has 0 saturated carbocycles. The average molecular weight is 334 g/mol. The van der Waals surface area contributed by atoms with E-state index in [4.69, 9.17) is 0 Å². The number of hydrogen-bond donors (Lipinski definition) is 1. The van der Waals surface area contributed by atoms with Crippen molar-refractivity contribution < 1.29 is 22.9 Å². The molecule has 1 aliphatic heterocycles. The van der Waals surface area contributed by atoms with Crippen LogP contribution < -0.4 is 10.2 Å². The molecule has 0 aromatic heterocycles. The molecule has 24 heavy (non-hydrogen) atoms. The average Bonchev–Trinajstić information content (AvgIpc) is 2.53. The lowest BCUT2D eigenvalue weighted by atomic mass is 9.53. The zero-order valence-corrected chi connectivity index (χ0v) is 13.1. The Morgan fingerprint density at radius 1 is 1.08 bits per heavy atom. The van der Waals surface area contributed by atoms with Gasteiger partial charge in [-0.05, 0) is 48.2 Å². The van der Waals surface area contributed by atoms with Crippen LogP contribution in [0, 0.1) is 0 Å². The summed E-state index contributed by atoms with van der Waals surface area (Å²) in [6.45, 7) is -0.436. The molecule has 1 N–H and O–H groups in total. The lowest BCUT2D eigenvalue weighted by Gasteiger charge is -2.19. The molecule has 0 spiro atoms. The minimum atomic E-state index is -4.69. The van der Waals surface area contributed by atoms with Gasteiger partial charge in [0.15, 0.2) is 0 Å². The zero-order chi connectivity index (χ0) is 17.2. The van der Waals surface area contributed by atoms with Crippen LogP contribution in [0.15, 0.2) is 42.5 Å². The second-order valence-electron chi connectivity index (χ2n) is 6.10. The van der Waals surface area contributed by atoms with Gasteiger partial charge in [0.1, 0.15) is 5.75 Å². The van der Waals surface area contributed by atoms with Crippen LogP contribution in [0.4, 0.5) is 13.2 Å². The van der Waals surface area contributed by atoms with E-state index in [9.17, 15) is 18.2 Å². The predicted octanol–water partition coefficient (Wildman–Crippen LogP) is 3.51. The van der Waals surface area contributed by atoms with Gasteiger partial charge in [-0.25, -0.2) is 0 Å². The van der Waals surface area contributed by atoms with E-state index < -0.39 is 13.3 Å². The van der Waals surface area contributed by atoms with Gasteiger partial charge in [-0.1, -0.05) is 48.4 Å². The van der Waals surface area contributed by atoms with Crippen LogP contribution in [-0.4, -0.2) is 18.3 Å². The van der Waals surface area contributed by atoms with Crippen molar-refractivity contribution in [3.63, 3.8) is 0 Å². The molecule has 2 aromatic carbocycles. The van der Waals surface area contributed by atoms with Gasteiger partial charge >= 0.3 is 13.3 Å². The SMILES string of the molecule is OB1CCCc2ccc(CCc3ccccc3OC(F)(F)F)cc21. The molecule has 0 atom stereocenters. The summed E-state index contributed by atoms with van der Waals surface area (Å²) in [5.74, 6) is -0.150. The Balaban J connectivity index is 1.74. The number of para-hydroxylation sites is 1. The fourth-order valence-corrected chi connectivity index (χ4v) is 3.19. The van der Waals surface area contributed by atoms with E-state index in [2.05, 4.69) is 4.74 Å². The van der Waals surface area contributed by atoms with Crippen molar-refractivity contribution in [1.82, 2.24) is 0 Å². The Hall–Kier alpha value is -1.95. The molecular weight excluding hydrogens is 316 g/mol. The quantitative estimate of drug-likeness (QED) is 0.867. The van der Waals surface area contributed by atoms with Crippen LogP contribution in [0.5, 0.6) is 5.75 Å². The second-order valence-corrected chi connectivity index (χ2v) is 6.10. The first-order valence-electron chi connectivity index (χ1n) is 8.06. The van der Waals surface area contributed by atoms with Gasteiger partial charge in [0.25, 0.3) is 0 Å². The normalized spacial score (nSPS) is 14.4. The fraction of sp³-hybridized carbons (Fsp3) is 0.333. The smallest absolute Gasteiger partial charge is 0.446 e. The molecule has 0 amide bonds. The van der Waals surface area contributed by atoms with Crippen molar-refractivity contribution in [2.75, 3.05) is 0 Å². The summed E-state index contributed by atoms with van der Waals surface area (Å²) >= 11 is 0. The Bertz CT molecular complexity index is 716. The van der Waals surface area contributed by atoms with Crippen molar-refractivity contribution >= 4 is 12.4 Å². The summed E-state index contributed by atoms with van der Waals surface area (Å²) in [6, 6.07) is 12.2. The monoisotopic (exact) mass is 334 g/mol. The third kappa shape index (κ3) is 4.12. The van der Waals surface area contributed by atoms with Gasteiger partial charge in [0, 0.05) is 0 Å². The van der Waals surface area contributed by atoms with Gasteiger partial charge in [0.2, 0.25) is 0 Å². The highest BCUT2D eigenvalue weighted by atomic mass is 19.4. The number of rotatable bonds is 4. The van der Waals surface area contributed by atoms with Gasteiger partial charge < -0.3 is 9.76 Å². The Kier molecular flexibility index (Phi) is 4.85. The molecule has 2 nitrogen and oxygen atoms in total. The van der Waals surface area contributed by atoms with E-state index in [1.807, 2.05) is 18.2 Å². The molecular formula is C18H18BF3O2. The Labute approximate surface area is 139 Å². The van der Waals surface area contributed by atoms with Crippen LogP contribution in [0.3, 0.4) is 0 Å². The third-order valence-electron chi connectivity index (χ3n) is 4.37. The molecule has 1 aliphatic rings. The van der Waals surface area contributed by atoms with E-state index in [1.165, 1.54) is 17.7 Å². The van der Waals surface area contributed by atoms with Gasteiger partial charge in [0.05, 0.1) is 0 Å². The highest BCUT2D eigenvalue weighted by molar-refractivity contribution is 6.67. The largest absolute Gasteiger partial charge is 0.573 e. The van der Waals surface area contributed by atoms with Crippen molar-refractivity contribution in [3.05, 3.63) is 59.2 Å². The second kappa shape index (κ2) is 6.89. The molecule has 0 aliphatic carbocycles. The van der Waals surface area contributed by atoms with E-state index in [-0.39, 0.29) is 5.75 Å². The summed E-state index contributed by atoms with van der Waals surface area (Å²) in [7, 11) is 0. The molecule has 126 valence electrons. The standard InChI is InChI=1S/C18H18BF3O2/c20-18(21,22)24-17-6-2-1-4-15(17)10-8-13-7-9-14-5-3-11-19(23)16(14)12-13/h1-2,4,6-7,9,12,23H,3,5,8,10-11H2. The van der Waals surface area contributed by atoms with E-state index in [0.29, 0.717) is 18.4 Å². The van der Waals surface area contributed by atoms with Crippen LogP contribution in [0.25, 0.3) is 0 Å². The Morgan fingerprint density at radius 3 is 2.67 bits per heavy atom. The first-order valence-corrected chi connectivity index (χ1v) is 8.06. The number of hydrogen-bond acceptors (Lipinski definition) is 2. The molecule has 3 rings (SSSR count). The molecule has 0 saturated heterocycles. The first-order chi connectivity index (χ1) is 11.4. The molecule has 0 radical (unpaired) electrons. The fourth-order valence-electron chi connectivity index (χ4n) is 3.19. The van der Waals surface area contributed by atoms with Crippen LogP contribution >= 0.6 is 0 Å².